The van der Waals surface area contributed by atoms with Crippen LogP contribution in [0.25, 0.3) is 0 Å². The van der Waals surface area contributed by atoms with Crippen LogP contribution in [0.1, 0.15) is 47.8 Å². The first-order chi connectivity index (χ1) is 13.7. The zero-order chi connectivity index (χ0) is 18.8. The normalized spacial score (nSPS) is 33.1. The van der Waals surface area contributed by atoms with Gasteiger partial charge in [-0.25, -0.2) is 0 Å². The third-order valence-corrected chi connectivity index (χ3v) is 7.51. The molecule has 3 fully saturated rings. The number of likely N-dealkylation sites (tertiary alicyclic amines) is 1. The number of ether oxygens (including phenoxy) is 2. The lowest BCUT2D eigenvalue weighted by molar-refractivity contribution is -0.218. The molecular formula is C24H25NO3. The van der Waals surface area contributed by atoms with Crippen molar-refractivity contribution in [3.05, 3.63) is 71.3 Å². The number of carbonyl (C=O) groups excluding carboxylic acids is 1. The molecule has 3 aliphatic carbocycles. The van der Waals surface area contributed by atoms with Crippen LogP contribution in [0.4, 0.5) is 0 Å². The second-order valence-electron chi connectivity index (χ2n) is 8.66. The van der Waals surface area contributed by atoms with Crippen LogP contribution < -0.4 is 0 Å². The molecule has 4 nitrogen and oxygen atoms in total. The minimum atomic E-state index is -0.536. The molecule has 2 aliphatic heterocycles. The second-order valence-corrected chi connectivity index (χ2v) is 8.66. The summed E-state index contributed by atoms with van der Waals surface area (Å²) in [5, 5.41) is 0. The molecule has 2 aromatic rings. The average Bonchev–Trinajstić information content (AvgIpc) is 3.31. The summed E-state index contributed by atoms with van der Waals surface area (Å²) in [4.78, 5) is 15.9. The minimum Gasteiger partial charge on any atom is -0.347 e. The van der Waals surface area contributed by atoms with E-state index in [1.807, 2.05) is 6.07 Å². The van der Waals surface area contributed by atoms with Gasteiger partial charge in [-0.05, 0) is 23.1 Å². The van der Waals surface area contributed by atoms with Crippen LogP contribution in [0, 0.1) is 0 Å². The fourth-order valence-electron chi connectivity index (χ4n) is 6.36. The summed E-state index contributed by atoms with van der Waals surface area (Å²) in [5.41, 5.74) is 3.51. The molecule has 2 aromatic carbocycles. The van der Waals surface area contributed by atoms with Gasteiger partial charge in [0.25, 0.3) is 0 Å². The molecule has 2 heterocycles. The molecule has 0 aromatic heterocycles. The van der Waals surface area contributed by atoms with Gasteiger partial charge in [-0.3, -0.25) is 9.69 Å². The van der Waals surface area contributed by atoms with Gasteiger partial charge in [0.2, 0.25) is 0 Å². The number of rotatable bonds is 2. The summed E-state index contributed by atoms with van der Waals surface area (Å²) in [5.74, 6) is 0.119. The highest BCUT2D eigenvalue weighted by Crippen LogP contribution is 2.64. The molecule has 2 spiro atoms. The molecule has 7 rings (SSSR count). The van der Waals surface area contributed by atoms with Crippen molar-refractivity contribution in [1.29, 1.82) is 0 Å². The topological polar surface area (TPSA) is 38.8 Å². The van der Waals surface area contributed by atoms with E-state index in [1.54, 1.807) is 0 Å². The quantitative estimate of drug-likeness (QED) is 0.804. The third kappa shape index (κ3) is 2.14. The minimum absolute atomic E-state index is 0.122. The van der Waals surface area contributed by atoms with Crippen molar-refractivity contribution in [3.8, 4) is 0 Å². The van der Waals surface area contributed by atoms with E-state index < -0.39 is 11.3 Å². The first-order valence-corrected chi connectivity index (χ1v) is 10.4. The molecule has 2 saturated heterocycles. The van der Waals surface area contributed by atoms with E-state index in [-0.39, 0.29) is 11.8 Å². The fraction of sp³-hybridized carbons (Fsp3) is 0.458. The van der Waals surface area contributed by atoms with Gasteiger partial charge in [-0.1, -0.05) is 54.6 Å². The van der Waals surface area contributed by atoms with Crippen molar-refractivity contribution in [2.24, 2.45) is 0 Å². The zero-order valence-electron chi connectivity index (χ0n) is 16.0. The van der Waals surface area contributed by atoms with Crippen molar-refractivity contribution >= 4 is 5.78 Å². The van der Waals surface area contributed by atoms with Crippen LogP contribution in [0.3, 0.4) is 0 Å². The van der Waals surface area contributed by atoms with Gasteiger partial charge in [0.15, 0.2) is 11.6 Å². The fourth-order valence-corrected chi connectivity index (χ4v) is 6.36. The summed E-state index contributed by atoms with van der Waals surface area (Å²) in [6.07, 6.45) is 2.24. The molecule has 3 atom stereocenters. The molecule has 1 saturated carbocycles. The monoisotopic (exact) mass is 375 g/mol. The van der Waals surface area contributed by atoms with Gasteiger partial charge in [0, 0.05) is 37.8 Å². The molecule has 0 unspecified atom stereocenters. The van der Waals surface area contributed by atoms with E-state index in [2.05, 4.69) is 53.4 Å². The predicted octanol–water partition coefficient (Wildman–Crippen LogP) is 3.62. The molecular weight excluding hydrogens is 350 g/mol. The van der Waals surface area contributed by atoms with E-state index in [9.17, 15) is 4.79 Å². The number of hydrogen-bond donors (Lipinski definition) is 0. The number of carbonyl (C=O) groups is 1. The standard InChI is InChI=1S/C24H25NO3/c26-22-10-11-25(16-17-6-2-1-3-7-17)23(22)14-21-19-9-5-4-8-18(19)20(23)15-24(21)27-12-13-28-24/h1-9,20-21H,10-16H2/t20-,21-,23-/m1/s1. The Hall–Kier alpha value is -2.01. The molecule has 4 heteroatoms. The Morgan fingerprint density at radius 1 is 0.893 bits per heavy atom. The highest BCUT2D eigenvalue weighted by atomic mass is 16.7. The van der Waals surface area contributed by atoms with Gasteiger partial charge < -0.3 is 9.47 Å². The van der Waals surface area contributed by atoms with Gasteiger partial charge in [0.05, 0.1) is 18.8 Å². The first-order valence-electron chi connectivity index (χ1n) is 10.4. The molecule has 0 radical (unpaired) electrons. The van der Waals surface area contributed by atoms with Crippen molar-refractivity contribution in [2.75, 3.05) is 19.8 Å². The Morgan fingerprint density at radius 3 is 2.32 bits per heavy atom. The van der Waals surface area contributed by atoms with E-state index in [0.717, 1.165) is 25.9 Å². The van der Waals surface area contributed by atoms with Gasteiger partial charge in [-0.15, -0.1) is 0 Å². The summed E-state index contributed by atoms with van der Waals surface area (Å²) in [6.45, 7) is 2.97. The van der Waals surface area contributed by atoms with E-state index in [4.69, 9.17) is 9.47 Å². The lowest BCUT2D eigenvalue weighted by atomic mass is 9.54. The Labute approximate surface area is 165 Å². The predicted molar refractivity (Wildman–Crippen MR) is 105 cm³/mol. The maximum atomic E-state index is 13.4. The summed E-state index contributed by atoms with van der Waals surface area (Å²) in [6, 6.07) is 19.2. The van der Waals surface area contributed by atoms with Crippen molar-refractivity contribution < 1.29 is 14.3 Å². The van der Waals surface area contributed by atoms with Crippen molar-refractivity contribution in [2.45, 2.75) is 49.0 Å². The largest absolute Gasteiger partial charge is 0.347 e. The second kappa shape index (κ2) is 5.99. The van der Waals surface area contributed by atoms with Gasteiger partial charge >= 0.3 is 0 Å². The number of nitrogens with zero attached hydrogens (tertiary/aromatic N) is 1. The molecule has 0 amide bonds. The maximum absolute atomic E-state index is 13.4. The highest BCUT2D eigenvalue weighted by molar-refractivity contribution is 5.93. The first kappa shape index (κ1) is 16.9. The number of Topliss-reactive ketones (excluding diaryl/α,β-unsaturated/α-hetero) is 1. The average molecular weight is 375 g/mol. The molecule has 5 aliphatic rings. The van der Waals surface area contributed by atoms with Crippen LogP contribution in [0.2, 0.25) is 0 Å². The number of ketones is 1. The van der Waals surface area contributed by atoms with Gasteiger partial charge in [0.1, 0.15) is 0 Å². The van der Waals surface area contributed by atoms with E-state index in [1.165, 1.54) is 16.7 Å². The SMILES string of the molecule is O=C1CCN(Cc2ccccc2)[C@@]12C[C@@H]1c3ccccc3[C@H]2CC12OCCO2. The van der Waals surface area contributed by atoms with Crippen LogP contribution in [0.5, 0.6) is 0 Å². The van der Waals surface area contributed by atoms with Crippen LogP contribution in [-0.2, 0) is 20.8 Å². The summed E-state index contributed by atoms with van der Waals surface area (Å²) < 4.78 is 12.4. The highest BCUT2D eigenvalue weighted by Gasteiger charge is 2.67. The number of hydrogen-bond acceptors (Lipinski definition) is 4. The van der Waals surface area contributed by atoms with Crippen molar-refractivity contribution in [1.82, 2.24) is 4.90 Å². The summed E-state index contributed by atoms with van der Waals surface area (Å²) in [7, 11) is 0. The third-order valence-electron chi connectivity index (χ3n) is 7.51. The Bertz CT molecular complexity index is 920. The van der Waals surface area contributed by atoms with E-state index >= 15 is 0 Å². The lowest BCUT2D eigenvalue weighted by Gasteiger charge is -2.58. The number of benzene rings is 2. The van der Waals surface area contributed by atoms with Crippen molar-refractivity contribution in [3.63, 3.8) is 0 Å². The lowest BCUT2D eigenvalue weighted by Crippen LogP contribution is -2.64. The Balaban J connectivity index is 1.46. The molecule has 28 heavy (non-hydrogen) atoms. The van der Waals surface area contributed by atoms with Crippen LogP contribution >= 0.6 is 0 Å². The Morgan fingerprint density at radius 2 is 1.57 bits per heavy atom. The van der Waals surface area contributed by atoms with Crippen LogP contribution in [-0.4, -0.2) is 41.8 Å². The maximum Gasteiger partial charge on any atom is 0.176 e. The van der Waals surface area contributed by atoms with E-state index in [0.29, 0.717) is 25.4 Å². The Kier molecular flexibility index (Phi) is 3.62. The molecule has 2 bridgehead atoms. The summed E-state index contributed by atoms with van der Waals surface area (Å²) >= 11 is 0. The zero-order valence-corrected chi connectivity index (χ0v) is 16.0. The smallest absolute Gasteiger partial charge is 0.176 e. The molecule has 144 valence electrons. The molecule has 0 N–H and O–H groups in total. The van der Waals surface area contributed by atoms with Gasteiger partial charge in [-0.2, -0.15) is 0 Å². The van der Waals surface area contributed by atoms with Crippen LogP contribution in [0.15, 0.2) is 54.6 Å².